The largest absolute Gasteiger partial charge is 0.456 e. The molecule has 0 aliphatic heterocycles. The fourth-order valence-electron chi connectivity index (χ4n) is 11.0. The summed E-state index contributed by atoms with van der Waals surface area (Å²) in [5, 5.41) is 2.22. The molecule has 11 aromatic rings. The maximum atomic E-state index is 6.64. The molecule has 10 aromatic carbocycles. The van der Waals surface area contributed by atoms with Crippen molar-refractivity contribution in [2.45, 2.75) is 5.41 Å². The maximum absolute atomic E-state index is 6.64. The van der Waals surface area contributed by atoms with Crippen molar-refractivity contribution >= 4 is 39.0 Å². The van der Waals surface area contributed by atoms with Gasteiger partial charge in [0, 0.05) is 33.7 Å². The van der Waals surface area contributed by atoms with Crippen molar-refractivity contribution in [1.82, 2.24) is 0 Å². The molecular formula is C61H39NO. The molecule has 63 heavy (non-hydrogen) atoms. The highest BCUT2D eigenvalue weighted by Gasteiger charge is 2.52. The van der Waals surface area contributed by atoms with Gasteiger partial charge in [-0.25, -0.2) is 0 Å². The number of para-hydroxylation sites is 2. The van der Waals surface area contributed by atoms with Crippen molar-refractivity contribution in [1.29, 1.82) is 0 Å². The van der Waals surface area contributed by atoms with E-state index in [0.717, 1.165) is 50.1 Å². The Morgan fingerprint density at radius 3 is 1.49 bits per heavy atom. The topological polar surface area (TPSA) is 16.4 Å². The Balaban J connectivity index is 1.10. The number of nitrogens with zero attached hydrogens (tertiary/aromatic N) is 1. The van der Waals surface area contributed by atoms with E-state index in [2.05, 4.69) is 235 Å². The van der Waals surface area contributed by atoms with Gasteiger partial charge in [-0.3, -0.25) is 0 Å². The molecule has 2 heteroatoms. The van der Waals surface area contributed by atoms with Gasteiger partial charge in [0.2, 0.25) is 0 Å². The van der Waals surface area contributed by atoms with Gasteiger partial charge in [-0.2, -0.15) is 0 Å². The lowest BCUT2D eigenvalue weighted by molar-refractivity contribution is 0.669. The minimum atomic E-state index is -0.475. The molecule has 2 nitrogen and oxygen atoms in total. The van der Waals surface area contributed by atoms with Gasteiger partial charge >= 0.3 is 0 Å². The number of rotatable bonds is 6. The van der Waals surface area contributed by atoms with Crippen LogP contribution in [0.5, 0.6) is 0 Å². The van der Waals surface area contributed by atoms with E-state index in [1.165, 1.54) is 66.8 Å². The lowest BCUT2D eigenvalue weighted by Crippen LogP contribution is -2.26. The number of benzene rings is 10. The van der Waals surface area contributed by atoms with Crippen LogP contribution in [0.4, 0.5) is 17.1 Å². The van der Waals surface area contributed by atoms with Crippen molar-refractivity contribution in [3.63, 3.8) is 0 Å². The van der Waals surface area contributed by atoms with Crippen molar-refractivity contribution in [2.75, 3.05) is 4.90 Å². The van der Waals surface area contributed by atoms with Gasteiger partial charge in [0.15, 0.2) is 0 Å². The molecule has 13 rings (SSSR count). The van der Waals surface area contributed by atoms with Gasteiger partial charge < -0.3 is 9.32 Å². The summed E-state index contributed by atoms with van der Waals surface area (Å²) in [5.41, 5.74) is 21.9. The third-order valence-electron chi connectivity index (χ3n) is 13.5. The van der Waals surface area contributed by atoms with Crippen LogP contribution in [0, 0.1) is 0 Å². The lowest BCUT2D eigenvalue weighted by Gasteiger charge is -2.32. The summed E-state index contributed by atoms with van der Waals surface area (Å²) < 4.78 is 6.64. The fourth-order valence-corrected chi connectivity index (χ4v) is 11.0. The summed E-state index contributed by atoms with van der Waals surface area (Å²) in [4.78, 5) is 2.49. The van der Waals surface area contributed by atoms with E-state index in [9.17, 15) is 0 Å². The first kappa shape index (κ1) is 35.5. The molecule has 0 bridgehead atoms. The van der Waals surface area contributed by atoms with Crippen LogP contribution >= 0.6 is 0 Å². The summed E-state index contributed by atoms with van der Waals surface area (Å²) in [5.74, 6) is 0. The van der Waals surface area contributed by atoms with Crippen LogP contribution in [0.15, 0.2) is 241 Å². The molecule has 2 aliphatic carbocycles. The standard InChI is InChI=1S/C61H39NO/c1-2-19-40(20-3-1)42-21-4-5-22-43(42)44-23-6-7-24-45(44)48-27-11-16-34-56(48)62(41-37-38-50-49-28-12-17-36-58(49)63-59(50)39-41)57-35-18-33-55-60(57)51-29-10-15-32-54(51)61(55)52-30-13-8-25-46(52)47-26-9-14-31-53(47)61/h1-39H. The maximum Gasteiger partial charge on any atom is 0.137 e. The van der Waals surface area contributed by atoms with Crippen molar-refractivity contribution in [2.24, 2.45) is 0 Å². The average molecular weight is 802 g/mol. The molecule has 1 aromatic heterocycles. The average Bonchev–Trinajstić information content (AvgIpc) is 3.99. The first-order chi connectivity index (χ1) is 31.3. The van der Waals surface area contributed by atoms with Crippen LogP contribution in [-0.4, -0.2) is 0 Å². The second kappa shape index (κ2) is 13.9. The smallest absolute Gasteiger partial charge is 0.137 e. The van der Waals surface area contributed by atoms with E-state index in [0.29, 0.717) is 0 Å². The lowest BCUT2D eigenvalue weighted by atomic mass is 9.70. The number of hydrogen-bond donors (Lipinski definition) is 0. The molecule has 0 N–H and O–H groups in total. The third-order valence-corrected chi connectivity index (χ3v) is 13.5. The van der Waals surface area contributed by atoms with E-state index >= 15 is 0 Å². The highest BCUT2D eigenvalue weighted by Crippen LogP contribution is 2.65. The van der Waals surface area contributed by atoms with E-state index in [-0.39, 0.29) is 0 Å². The Morgan fingerprint density at radius 1 is 0.302 bits per heavy atom. The number of furan rings is 1. The molecule has 2 aliphatic rings. The third kappa shape index (κ3) is 5.13. The van der Waals surface area contributed by atoms with E-state index in [1.54, 1.807) is 0 Å². The molecule has 0 amide bonds. The van der Waals surface area contributed by atoms with Gasteiger partial charge in [0.25, 0.3) is 0 Å². The molecule has 294 valence electrons. The number of anilines is 3. The number of hydrogen-bond acceptors (Lipinski definition) is 2. The quantitative estimate of drug-likeness (QED) is 0.167. The van der Waals surface area contributed by atoms with Crippen molar-refractivity contribution in [3.8, 4) is 55.6 Å². The van der Waals surface area contributed by atoms with Gasteiger partial charge in [0.05, 0.1) is 16.8 Å². The van der Waals surface area contributed by atoms with Crippen LogP contribution in [0.3, 0.4) is 0 Å². The Bertz CT molecular complexity index is 3550. The van der Waals surface area contributed by atoms with Crippen molar-refractivity contribution < 1.29 is 4.42 Å². The molecule has 1 spiro atoms. The Morgan fingerprint density at radius 2 is 0.778 bits per heavy atom. The predicted octanol–water partition coefficient (Wildman–Crippen LogP) is 16.4. The van der Waals surface area contributed by atoms with Crippen LogP contribution < -0.4 is 4.90 Å². The zero-order valence-corrected chi connectivity index (χ0v) is 34.4. The molecule has 0 saturated carbocycles. The number of fused-ring (bicyclic) bond motifs is 13. The van der Waals surface area contributed by atoms with Crippen LogP contribution in [0.1, 0.15) is 22.3 Å². The van der Waals surface area contributed by atoms with E-state index in [4.69, 9.17) is 4.42 Å². The Kier molecular flexibility index (Phi) is 7.85. The Labute approximate surface area is 366 Å². The SMILES string of the molecule is c1ccc(-c2ccccc2-c2ccccc2-c2ccccc2N(c2ccc3c(c2)oc2ccccc23)c2cccc3c2-c2ccccc2C32c3ccccc3-c3ccccc32)cc1. The van der Waals surface area contributed by atoms with Gasteiger partial charge in [-0.15, -0.1) is 0 Å². The predicted molar refractivity (Wildman–Crippen MR) is 261 cm³/mol. The normalized spacial score (nSPS) is 12.9. The summed E-state index contributed by atoms with van der Waals surface area (Å²) in [6.45, 7) is 0. The molecule has 0 atom stereocenters. The minimum Gasteiger partial charge on any atom is -0.456 e. The molecule has 0 saturated heterocycles. The molecule has 0 unspecified atom stereocenters. The van der Waals surface area contributed by atoms with E-state index < -0.39 is 5.41 Å². The fraction of sp³-hybridized carbons (Fsp3) is 0.0164. The van der Waals surface area contributed by atoms with E-state index in [1.807, 2.05) is 6.07 Å². The van der Waals surface area contributed by atoms with Gasteiger partial charge in [-0.1, -0.05) is 200 Å². The summed E-state index contributed by atoms with van der Waals surface area (Å²) in [6.07, 6.45) is 0. The molecular weight excluding hydrogens is 763 g/mol. The minimum absolute atomic E-state index is 0.475. The summed E-state index contributed by atoms with van der Waals surface area (Å²) >= 11 is 0. The monoisotopic (exact) mass is 801 g/mol. The summed E-state index contributed by atoms with van der Waals surface area (Å²) in [6, 6.07) is 86.5. The van der Waals surface area contributed by atoms with Crippen LogP contribution in [-0.2, 0) is 5.41 Å². The second-order valence-electron chi connectivity index (χ2n) is 16.7. The van der Waals surface area contributed by atoms with Crippen molar-refractivity contribution in [3.05, 3.63) is 259 Å². The molecule has 0 fully saturated rings. The first-order valence-corrected chi connectivity index (χ1v) is 21.8. The van der Waals surface area contributed by atoms with Gasteiger partial charge in [0.1, 0.15) is 11.2 Å². The Hall–Kier alpha value is -8.20. The highest BCUT2D eigenvalue weighted by molar-refractivity contribution is 6.08. The zero-order valence-electron chi connectivity index (χ0n) is 34.4. The summed E-state index contributed by atoms with van der Waals surface area (Å²) in [7, 11) is 0. The van der Waals surface area contributed by atoms with Crippen LogP contribution in [0.2, 0.25) is 0 Å². The molecule has 1 heterocycles. The van der Waals surface area contributed by atoms with Gasteiger partial charge in [-0.05, 0) is 97.1 Å². The molecule has 0 radical (unpaired) electrons. The van der Waals surface area contributed by atoms with Crippen LogP contribution in [0.25, 0.3) is 77.6 Å². The second-order valence-corrected chi connectivity index (χ2v) is 16.7. The zero-order chi connectivity index (χ0) is 41.5. The highest BCUT2D eigenvalue weighted by atomic mass is 16.3. The first-order valence-electron chi connectivity index (χ1n) is 21.8.